The standard InChI is InChI=1S/C41H38ClN7O6S2/c42-30-11-14-35(28-7-3-1-4-8-28)29(21-30)25-47-17-19-48(20-18-47)32-12-15-36-38(23-32)43-27-44-41(36)46-57(54,55)34-13-16-37(39(24-34)49(52)53)45-31(22-40(50)51)26-56-33-9-5-2-6-10-33/h1-16,21,23-24,27,31,45H,17-20,22,25-26H2,(H,50,51)(H,43,44,46). The van der Waals surface area contributed by atoms with Crippen LogP contribution >= 0.6 is 23.4 Å². The summed E-state index contributed by atoms with van der Waals surface area (Å²) in [5.74, 6) is -0.758. The number of nitro groups is 1. The van der Waals surface area contributed by atoms with Crippen molar-refractivity contribution in [2.24, 2.45) is 0 Å². The molecule has 1 aromatic heterocycles. The fourth-order valence-corrected chi connectivity index (χ4v) is 8.94. The SMILES string of the molecule is O=C(O)CC(CSc1ccccc1)Nc1ccc(S(=O)(=O)Nc2ncnc3cc(N4CCN(Cc5cc(Cl)ccc5-c5ccccc5)CC4)ccc23)cc1[N+](=O)[O-]. The van der Waals surface area contributed by atoms with Gasteiger partial charge in [-0.05, 0) is 71.3 Å². The molecular formula is C41H38ClN7O6S2. The largest absolute Gasteiger partial charge is 0.481 e. The van der Waals surface area contributed by atoms with Gasteiger partial charge in [-0.3, -0.25) is 24.5 Å². The number of halogens is 1. The third-order valence-corrected chi connectivity index (χ3v) is 12.3. The molecule has 0 amide bonds. The van der Waals surface area contributed by atoms with Gasteiger partial charge in [0, 0.05) is 71.6 Å². The zero-order chi connectivity index (χ0) is 39.9. The van der Waals surface area contributed by atoms with Gasteiger partial charge in [-0.2, -0.15) is 0 Å². The van der Waals surface area contributed by atoms with E-state index in [1.807, 2.05) is 72.8 Å². The first kappa shape index (κ1) is 39.5. The average molecular weight is 824 g/mol. The molecule has 292 valence electrons. The Kier molecular flexibility index (Phi) is 12.2. The Morgan fingerprint density at radius 3 is 2.37 bits per heavy atom. The topological polar surface area (TPSA) is 171 Å². The number of carbonyl (C=O) groups is 1. The van der Waals surface area contributed by atoms with E-state index < -0.39 is 32.6 Å². The number of fused-ring (bicyclic) bond motifs is 1. The van der Waals surface area contributed by atoms with E-state index in [9.17, 15) is 28.4 Å². The maximum Gasteiger partial charge on any atom is 0.305 e. The molecule has 1 atom stereocenters. The van der Waals surface area contributed by atoms with E-state index in [1.165, 1.54) is 35.8 Å². The van der Waals surface area contributed by atoms with Gasteiger partial charge in [0.2, 0.25) is 0 Å². The lowest BCUT2D eigenvalue weighted by Gasteiger charge is -2.36. The number of nitrogens with one attached hydrogen (secondary N) is 2. The Bertz CT molecular complexity index is 2510. The molecule has 1 aliphatic rings. The van der Waals surface area contributed by atoms with Gasteiger partial charge < -0.3 is 15.3 Å². The predicted molar refractivity (Wildman–Crippen MR) is 225 cm³/mol. The Morgan fingerprint density at radius 2 is 1.65 bits per heavy atom. The predicted octanol–water partition coefficient (Wildman–Crippen LogP) is 8.03. The van der Waals surface area contributed by atoms with Gasteiger partial charge in [0.1, 0.15) is 12.0 Å². The van der Waals surface area contributed by atoms with Crippen molar-refractivity contribution in [1.82, 2.24) is 14.9 Å². The molecular weight excluding hydrogens is 786 g/mol. The lowest BCUT2D eigenvalue weighted by Crippen LogP contribution is -2.46. The molecule has 1 saturated heterocycles. The molecule has 1 aliphatic heterocycles. The van der Waals surface area contributed by atoms with Crippen LogP contribution < -0.4 is 14.9 Å². The second-order valence-corrected chi connectivity index (χ2v) is 16.7. The molecule has 0 saturated carbocycles. The molecule has 13 nitrogen and oxygen atoms in total. The van der Waals surface area contributed by atoms with Gasteiger partial charge in [-0.1, -0.05) is 66.2 Å². The molecule has 0 bridgehead atoms. The summed E-state index contributed by atoms with van der Waals surface area (Å²) in [6.45, 7) is 3.93. The van der Waals surface area contributed by atoms with Crippen LogP contribution in [0.2, 0.25) is 5.02 Å². The van der Waals surface area contributed by atoms with E-state index in [-0.39, 0.29) is 22.8 Å². The van der Waals surface area contributed by atoms with E-state index in [0.29, 0.717) is 21.7 Å². The van der Waals surface area contributed by atoms with Crippen molar-refractivity contribution in [2.75, 3.05) is 46.9 Å². The van der Waals surface area contributed by atoms with Gasteiger partial charge in [0.05, 0.1) is 21.8 Å². The number of piperazine rings is 1. The van der Waals surface area contributed by atoms with Gasteiger partial charge in [0.15, 0.2) is 5.82 Å². The van der Waals surface area contributed by atoms with Crippen molar-refractivity contribution >= 4 is 73.1 Å². The Balaban J connectivity index is 1.03. The van der Waals surface area contributed by atoms with Gasteiger partial charge in [0.25, 0.3) is 15.7 Å². The highest BCUT2D eigenvalue weighted by Gasteiger charge is 2.26. The number of thioether (sulfide) groups is 1. The molecule has 5 aromatic carbocycles. The highest BCUT2D eigenvalue weighted by atomic mass is 35.5. The summed E-state index contributed by atoms with van der Waals surface area (Å²) in [4.78, 5) is 36.9. The molecule has 0 spiro atoms. The lowest BCUT2D eigenvalue weighted by atomic mass is 9.99. The maximum absolute atomic E-state index is 13.6. The highest BCUT2D eigenvalue weighted by molar-refractivity contribution is 7.99. The monoisotopic (exact) mass is 823 g/mol. The second-order valence-electron chi connectivity index (χ2n) is 13.5. The van der Waals surface area contributed by atoms with Crippen molar-refractivity contribution in [3.8, 4) is 11.1 Å². The van der Waals surface area contributed by atoms with Gasteiger partial charge >= 0.3 is 5.97 Å². The normalized spacial score (nSPS) is 13.9. The molecule has 6 aromatic rings. The van der Waals surface area contributed by atoms with Crippen LogP contribution in [0.5, 0.6) is 0 Å². The van der Waals surface area contributed by atoms with E-state index in [4.69, 9.17) is 11.6 Å². The maximum atomic E-state index is 13.6. The number of hydrogen-bond acceptors (Lipinski definition) is 11. The molecule has 0 radical (unpaired) electrons. The number of nitrogens with zero attached hydrogens (tertiary/aromatic N) is 5. The molecule has 3 N–H and O–H groups in total. The number of benzene rings is 5. The van der Waals surface area contributed by atoms with Crippen molar-refractivity contribution in [2.45, 2.75) is 28.8 Å². The summed E-state index contributed by atoms with van der Waals surface area (Å²) in [6.07, 6.45) is 0.958. The van der Waals surface area contributed by atoms with Crippen molar-refractivity contribution in [3.05, 3.63) is 142 Å². The zero-order valence-corrected chi connectivity index (χ0v) is 32.9. The Labute approximate surface area is 338 Å². The zero-order valence-electron chi connectivity index (χ0n) is 30.5. The van der Waals surface area contributed by atoms with Crippen LogP contribution in [0.1, 0.15) is 12.0 Å². The number of aliphatic carboxylic acids is 1. The van der Waals surface area contributed by atoms with Crippen molar-refractivity contribution < 1.29 is 23.2 Å². The minimum absolute atomic E-state index is 0.00103. The van der Waals surface area contributed by atoms with Crippen LogP contribution in [-0.4, -0.2) is 77.3 Å². The van der Waals surface area contributed by atoms with Gasteiger partial charge in [-0.25, -0.2) is 18.4 Å². The minimum atomic E-state index is -4.35. The number of sulfonamides is 1. The van der Waals surface area contributed by atoms with E-state index in [0.717, 1.165) is 60.5 Å². The van der Waals surface area contributed by atoms with Crippen LogP contribution in [0.3, 0.4) is 0 Å². The van der Waals surface area contributed by atoms with Crippen LogP contribution in [-0.2, 0) is 21.4 Å². The number of nitro benzene ring substituents is 1. The number of carboxylic acid groups (broad SMARTS) is 1. The van der Waals surface area contributed by atoms with Crippen molar-refractivity contribution in [3.63, 3.8) is 0 Å². The molecule has 2 heterocycles. The average Bonchev–Trinajstić information content (AvgIpc) is 3.20. The van der Waals surface area contributed by atoms with Gasteiger partial charge in [-0.15, -0.1) is 11.8 Å². The summed E-state index contributed by atoms with van der Waals surface area (Å²) in [5.41, 5.74) is 4.42. The number of carboxylic acids is 1. The Morgan fingerprint density at radius 1 is 0.912 bits per heavy atom. The van der Waals surface area contributed by atoms with E-state index >= 15 is 0 Å². The molecule has 0 aliphatic carbocycles. The molecule has 7 rings (SSSR count). The fraction of sp³-hybridized carbons (Fsp3) is 0.195. The molecule has 57 heavy (non-hydrogen) atoms. The summed E-state index contributed by atoms with van der Waals surface area (Å²) in [7, 11) is -4.35. The second kappa shape index (κ2) is 17.6. The first-order valence-electron chi connectivity index (χ1n) is 18.1. The quantitative estimate of drug-likeness (QED) is 0.0518. The van der Waals surface area contributed by atoms with Crippen molar-refractivity contribution in [1.29, 1.82) is 0 Å². The van der Waals surface area contributed by atoms with E-state index in [1.54, 1.807) is 6.07 Å². The minimum Gasteiger partial charge on any atom is -0.481 e. The summed E-state index contributed by atoms with van der Waals surface area (Å²) >= 11 is 7.81. The third kappa shape index (κ3) is 9.81. The number of aromatic nitrogens is 2. The van der Waals surface area contributed by atoms with Crippen LogP contribution in [0.4, 0.5) is 22.9 Å². The number of rotatable bonds is 15. The molecule has 1 unspecified atom stereocenters. The number of anilines is 3. The molecule has 16 heteroatoms. The number of hydrogen-bond donors (Lipinski definition) is 3. The first-order chi connectivity index (χ1) is 27.5. The van der Waals surface area contributed by atoms with Crippen LogP contribution in [0, 0.1) is 10.1 Å². The van der Waals surface area contributed by atoms with Crippen LogP contribution in [0.15, 0.2) is 131 Å². The highest BCUT2D eigenvalue weighted by Crippen LogP contribution is 2.33. The lowest BCUT2D eigenvalue weighted by molar-refractivity contribution is -0.384. The van der Waals surface area contributed by atoms with E-state index in [2.05, 4.69) is 48.0 Å². The van der Waals surface area contributed by atoms with Crippen LogP contribution in [0.25, 0.3) is 22.0 Å². The third-order valence-electron chi connectivity index (χ3n) is 9.59. The summed E-state index contributed by atoms with van der Waals surface area (Å²) < 4.78 is 29.8. The fourth-order valence-electron chi connectivity index (χ4n) is 6.75. The molecule has 1 fully saturated rings. The smallest absolute Gasteiger partial charge is 0.305 e. The Hall–Kier alpha value is -5.74. The summed E-state index contributed by atoms with van der Waals surface area (Å²) in [6, 6.07) is 33.9. The summed E-state index contributed by atoms with van der Waals surface area (Å²) in [5, 5.41) is 25.8. The first-order valence-corrected chi connectivity index (χ1v) is 20.9.